The average Bonchev–Trinajstić information content (AvgIpc) is 3.06. The summed E-state index contributed by atoms with van der Waals surface area (Å²) in [5.41, 5.74) is 1.53. The lowest BCUT2D eigenvalue weighted by atomic mass is 10.2. The molecular formula is C18H18N4O3S. The summed E-state index contributed by atoms with van der Waals surface area (Å²) in [6.07, 6.45) is 1.64. The number of benzene rings is 2. The number of H-pyrrole nitrogens is 1. The molecule has 0 atom stereocenters. The number of nitrogens with one attached hydrogen (secondary N) is 1. The van der Waals surface area contributed by atoms with Crippen molar-refractivity contribution in [2.24, 2.45) is 5.10 Å². The first-order valence-electron chi connectivity index (χ1n) is 7.75. The third kappa shape index (κ3) is 3.45. The fourth-order valence-electron chi connectivity index (χ4n) is 2.46. The van der Waals surface area contributed by atoms with Crippen LogP contribution in [0.1, 0.15) is 5.56 Å². The maximum Gasteiger partial charge on any atom is 0.216 e. The Bertz CT molecular complexity index is 994. The van der Waals surface area contributed by atoms with E-state index < -0.39 is 0 Å². The number of methoxy groups -OCH3 is 3. The Morgan fingerprint density at radius 2 is 1.81 bits per heavy atom. The highest BCUT2D eigenvalue weighted by Gasteiger charge is 2.13. The standard InChI is InChI=1S/C18H18N4O3S/c1-23-13-8-9-15(24-2)12(10-13)11-19-22-17(20-21-18(22)26)14-6-4-5-7-16(14)25-3/h4-11H,1-3H3,(H,21,26)/b19-11-. The van der Waals surface area contributed by atoms with Crippen LogP contribution in [0, 0.1) is 4.77 Å². The topological polar surface area (TPSA) is 73.7 Å². The van der Waals surface area contributed by atoms with Gasteiger partial charge in [-0.2, -0.15) is 14.9 Å². The van der Waals surface area contributed by atoms with Crippen LogP contribution in [0.3, 0.4) is 0 Å². The molecular weight excluding hydrogens is 352 g/mol. The second-order valence-corrected chi connectivity index (χ2v) is 5.60. The number of ether oxygens (including phenoxy) is 3. The predicted octanol–water partition coefficient (Wildman–Crippen LogP) is 3.52. The van der Waals surface area contributed by atoms with E-state index in [1.54, 1.807) is 27.5 Å². The molecule has 0 aliphatic heterocycles. The largest absolute Gasteiger partial charge is 0.497 e. The van der Waals surface area contributed by atoms with Gasteiger partial charge in [0.05, 0.1) is 33.1 Å². The van der Waals surface area contributed by atoms with Crippen LogP contribution < -0.4 is 14.2 Å². The highest BCUT2D eigenvalue weighted by molar-refractivity contribution is 7.71. The normalized spacial score (nSPS) is 10.9. The lowest BCUT2D eigenvalue weighted by Crippen LogP contribution is -1.98. The van der Waals surface area contributed by atoms with Crippen molar-refractivity contribution in [1.82, 2.24) is 14.9 Å². The molecule has 0 unspecified atom stereocenters. The van der Waals surface area contributed by atoms with Crippen LogP contribution in [0.2, 0.25) is 0 Å². The summed E-state index contributed by atoms with van der Waals surface area (Å²) in [5, 5.41) is 11.5. The van der Waals surface area contributed by atoms with Gasteiger partial charge in [-0.05, 0) is 42.5 Å². The number of aromatic amines is 1. The van der Waals surface area contributed by atoms with Crippen molar-refractivity contribution in [1.29, 1.82) is 0 Å². The summed E-state index contributed by atoms with van der Waals surface area (Å²) in [7, 11) is 4.81. The van der Waals surface area contributed by atoms with Crippen molar-refractivity contribution in [3.05, 3.63) is 52.8 Å². The van der Waals surface area contributed by atoms with Gasteiger partial charge in [-0.25, -0.2) is 5.10 Å². The van der Waals surface area contributed by atoms with Crippen molar-refractivity contribution in [2.45, 2.75) is 0 Å². The van der Waals surface area contributed by atoms with E-state index in [0.717, 1.165) is 11.1 Å². The molecule has 0 aliphatic rings. The second-order valence-electron chi connectivity index (χ2n) is 5.22. The van der Waals surface area contributed by atoms with Gasteiger partial charge in [0.25, 0.3) is 0 Å². The van der Waals surface area contributed by atoms with Gasteiger partial charge in [-0.3, -0.25) is 0 Å². The van der Waals surface area contributed by atoms with E-state index >= 15 is 0 Å². The minimum atomic E-state index is 0.365. The van der Waals surface area contributed by atoms with Crippen molar-refractivity contribution >= 4 is 18.4 Å². The van der Waals surface area contributed by atoms with Gasteiger partial charge in [-0.1, -0.05) is 12.1 Å². The summed E-state index contributed by atoms with van der Waals surface area (Å²) >= 11 is 5.31. The molecule has 134 valence electrons. The molecule has 1 heterocycles. The monoisotopic (exact) mass is 370 g/mol. The molecule has 1 N–H and O–H groups in total. The molecule has 0 saturated carbocycles. The third-order valence-electron chi connectivity index (χ3n) is 3.75. The van der Waals surface area contributed by atoms with Gasteiger partial charge in [0.2, 0.25) is 4.77 Å². The van der Waals surface area contributed by atoms with E-state index in [0.29, 0.717) is 27.8 Å². The molecule has 3 rings (SSSR count). The van der Waals surface area contributed by atoms with Crippen LogP contribution in [-0.2, 0) is 0 Å². The van der Waals surface area contributed by atoms with E-state index in [4.69, 9.17) is 26.4 Å². The molecule has 26 heavy (non-hydrogen) atoms. The summed E-state index contributed by atoms with van der Waals surface area (Å²) < 4.78 is 17.9. The molecule has 0 bridgehead atoms. The molecule has 3 aromatic rings. The molecule has 8 heteroatoms. The smallest absolute Gasteiger partial charge is 0.216 e. The number of nitrogens with zero attached hydrogens (tertiary/aromatic N) is 3. The van der Waals surface area contributed by atoms with Crippen molar-refractivity contribution < 1.29 is 14.2 Å². The Morgan fingerprint density at radius 1 is 1.04 bits per heavy atom. The summed E-state index contributed by atoms with van der Waals surface area (Å²) in [4.78, 5) is 0. The van der Waals surface area contributed by atoms with E-state index in [1.807, 2.05) is 42.5 Å². The molecule has 1 aromatic heterocycles. The van der Waals surface area contributed by atoms with E-state index in [9.17, 15) is 0 Å². The Hall–Kier alpha value is -3.13. The number of rotatable bonds is 6. The van der Waals surface area contributed by atoms with Gasteiger partial charge in [0.15, 0.2) is 5.82 Å². The maximum atomic E-state index is 5.40. The Morgan fingerprint density at radius 3 is 2.54 bits per heavy atom. The second kappa shape index (κ2) is 7.83. The lowest BCUT2D eigenvalue weighted by Gasteiger charge is -2.08. The predicted molar refractivity (Wildman–Crippen MR) is 102 cm³/mol. The zero-order valence-corrected chi connectivity index (χ0v) is 15.4. The van der Waals surface area contributed by atoms with Crippen LogP contribution >= 0.6 is 12.2 Å². The first-order chi connectivity index (χ1) is 12.7. The molecule has 2 aromatic carbocycles. The van der Waals surface area contributed by atoms with E-state index in [2.05, 4.69) is 15.3 Å². The fraction of sp³-hybridized carbons (Fsp3) is 0.167. The number of hydrogen-bond acceptors (Lipinski definition) is 6. The van der Waals surface area contributed by atoms with Crippen LogP contribution in [0.4, 0.5) is 0 Å². The molecule has 7 nitrogen and oxygen atoms in total. The summed E-state index contributed by atoms with van der Waals surface area (Å²) in [5.74, 6) is 2.60. The molecule has 0 radical (unpaired) electrons. The van der Waals surface area contributed by atoms with E-state index in [1.165, 1.54) is 4.68 Å². The molecule has 0 fully saturated rings. The minimum absolute atomic E-state index is 0.365. The molecule has 0 spiro atoms. The quantitative estimate of drug-likeness (QED) is 0.531. The SMILES string of the molecule is COc1ccc(OC)c(/C=N\n2c(-c3ccccc3OC)n[nH]c2=S)c1. The van der Waals surface area contributed by atoms with Gasteiger partial charge < -0.3 is 14.2 Å². The van der Waals surface area contributed by atoms with E-state index in [-0.39, 0.29) is 0 Å². The van der Waals surface area contributed by atoms with Crippen LogP contribution in [0.15, 0.2) is 47.6 Å². The van der Waals surface area contributed by atoms with Crippen LogP contribution in [0.25, 0.3) is 11.4 Å². The Labute approximate surface area is 155 Å². The van der Waals surface area contributed by atoms with Crippen molar-refractivity contribution in [2.75, 3.05) is 21.3 Å². The number of para-hydroxylation sites is 1. The molecule has 0 saturated heterocycles. The zero-order chi connectivity index (χ0) is 18.5. The van der Waals surface area contributed by atoms with Gasteiger partial charge in [0.1, 0.15) is 17.2 Å². The maximum absolute atomic E-state index is 5.40. The number of aromatic nitrogens is 3. The minimum Gasteiger partial charge on any atom is -0.497 e. The summed E-state index contributed by atoms with van der Waals surface area (Å²) in [6.45, 7) is 0. The average molecular weight is 370 g/mol. The van der Waals surface area contributed by atoms with Gasteiger partial charge in [-0.15, -0.1) is 0 Å². The first kappa shape index (κ1) is 17.7. The van der Waals surface area contributed by atoms with Crippen LogP contribution in [0.5, 0.6) is 17.2 Å². The summed E-state index contributed by atoms with van der Waals surface area (Å²) in [6, 6.07) is 13.0. The first-order valence-corrected chi connectivity index (χ1v) is 8.16. The van der Waals surface area contributed by atoms with Crippen LogP contribution in [-0.4, -0.2) is 42.4 Å². The zero-order valence-electron chi connectivity index (χ0n) is 14.6. The van der Waals surface area contributed by atoms with Gasteiger partial charge >= 0.3 is 0 Å². The van der Waals surface area contributed by atoms with Crippen molar-refractivity contribution in [3.63, 3.8) is 0 Å². The van der Waals surface area contributed by atoms with Gasteiger partial charge in [0, 0.05) is 5.56 Å². The number of hydrogen-bond donors (Lipinski definition) is 1. The lowest BCUT2D eigenvalue weighted by molar-refractivity contribution is 0.402. The van der Waals surface area contributed by atoms with Crippen molar-refractivity contribution in [3.8, 4) is 28.6 Å². The Kier molecular flexibility index (Phi) is 5.33. The third-order valence-corrected chi connectivity index (χ3v) is 4.01. The molecule has 0 amide bonds. The Balaban J connectivity index is 2.06. The highest BCUT2D eigenvalue weighted by Crippen LogP contribution is 2.28. The highest BCUT2D eigenvalue weighted by atomic mass is 32.1. The molecule has 0 aliphatic carbocycles. The fourth-order valence-corrected chi connectivity index (χ4v) is 2.64.